The molecule has 0 aliphatic carbocycles. The summed E-state index contributed by atoms with van der Waals surface area (Å²) in [6.07, 6.45) is 1.20. The topological polar surface area (TPSA) is 88.3 Å². The molecule has 1 aliphatic heterocycles. The Kier molecular flexibility index (Phi) is 5.64. The first-order valence-corrected chi connectivity index (χ1v) is 9.31. The summed E-state index contributed by atoms with van der Waals surface area (Å²) >= 11 is 0. The maximum Gasteiger partial charge on any atom is 0.258 e. The number of benzene rings is 1. The number of nitrogens with one attached hydrogen (secondary N) is 1. The van der Waals surface area contributed by atoms with Crippen LogP contribution < -0.4 is 5.32 Å². The van der Waals surface area contributed by atoms with Crippen molar-refractivity contribution in [1.29, 1.82) is 0 Å². The molecule has 1 aromatic carbocycles. The fourth-order valence-corrected chi connectivity index (χ4v) is 3.71. The van der Waals surface area contributed by atoms with Crippen molar-refractivity contribution in [1.82, 2.24) is 20.4 Å². The Morgan fingerprint density at radius 3 is 2.79 bits per heavy atom. The Hall–Kier alpha value is -1.48. The van der Waals surface area contributed by atoms with Crippen LogP contribution in [0.25, 0.3) is 11.5 Å². The van der Waals surface area contributed by atoms with Crippen LogP contribution in [0.15, 0.2) is 27.6 Å². The number of halogens is 1. The van der Waals surface area contributed by atoms with Gasteiger partial charge in [0, 0.05) is 31.5 Å². The van der Waals surface area contributed by atoms with Crippen molar-refractivity contribution in [3.8, 4) is 11.5 Å². The van der Waals surface area contributed by atoms with Crippen molar-refractivity contribution in [3.05, 3.63) is 29.6 Å². The van der Waals surface area contributed by atoms with Crippen molar-refractivity contribution in [2.45, 2.75) is 17.9 Å². The predicted molar refractivity (Wildman–Crippen MR) is 93.1 cm³/mol. The zero-order valence-electron chi connectivity index (χ0n) is 13.8. The van der Waals surface area contributed by atoms with E-state index in [1.165, 1.54) is 6.26 Å². The van der Waals surface area contributed by atoms with Crippen LogP contribution in [0.4, 0.5) is 0 Å². The number of nitrogens with zero attached hydrogens (tertiary/aromatic N) is 3. The predicted octanol–water partition coefficient (Wildman–Crippen LogP) is 1.45. The maximum atomic E-state index is 11.9. The Balaban J connectivity index is 0.00000208. The molecule has 1 fully saturated rings. The zero-order chi connectivity index (χ0) is 16.6. The van der Waals surface area contributed by atoms with Gasteiger partial charge < -0.3 is 9.84 Å². The Labute approximate surface area is 147 Å². The first kappa shape index (κ1) is 18.9. The van der Waals surface area contributed by atoms with Gasteiger partial charge in [-0.1, -0.05) is 11.2 Å². The van der Waals surface area contributed by atoms with Crippen molar-refractivity contribution in [2.75, 3.05) is 32.9 Å². The molecule has 0 spiro atoms. The molecule has 24 heavy (non-hydrogen) atoms. The van der Waals surface area contributed by atoms with E-state index in [4.69, 9.17) is 4.52 Å². The number of hydrogen-bond donors (Lipinski definition) is 1. The van der Waals surface area contributed by atoms with Gasteiger partial charge in [-0.3, -0.25) is 4.90 Å². The summed E-state index contributed by atoms with van der Waals surface area (Å²) in [5.74, 6) is 0.944. The highest BCUT2D eigenvalue weighted by Gasteiger charge is 2.25. The lowest BCUT2D eigenvalue weighted by atomic mass is 10.1. The molecular formula is C15H21ClN4O3S. The number of aromatic nitrogens is 2. The van der Waals surface area contributed by atoms with E-state index in [0.29, 0.717) is 22.8 Å². The van der Waals surface area contributed by atoms with E-state index >= 15 is 0 Å². The smallest absolute Gasteiger partial charge is 0.258 e. The lowest BCUT2D eigenvalue weighted by Crippen LogP contribution is -2.44. The molecule has 0 saturated carbocycles. The molecule has 0 radical (unpaired) electrons. The van der Waals surface area contributed by atoms with E-state index in [-0.39, 0.29) is 23.3 Å². The molecule has 0 amide bonds. The van der Waals surface area contributed by atoms with Crippen LogP contribution >= 0.6 is 12.4 Å². The molecule has 9 heteroatoms. The second-order valence-electron chi connectivity index (χ2n) is 5.91. The average Bonchev–Trinajstić information content (AvgIpc) is 2.96. The Bertz CT molecular complexity index is 822. The maximum absolute atomic E-state index is 11.9. The van der Waals surface area contributed by atoms with Crippen molar-refractivity contribution < 1.29 is 12.9 Å². The fraction of sp³-hybridized carbons (Fsp3) is 0.467. The molecular weight excluding hydrogens is 352 g/mol. The molecule has 1 saturated heterocycles. The van der Waals surface area contributed by atoms with Crippen LogP contribution in [-0.2, 0) is 9.84 Å². The van der Waals surface area contributed by atoms with Gasteiger partial charge in [-0.15, -0.1) is 12.4 Å². The van der Waals surface area contributed by atoms with Gasteiger partial charge >= 0.3 is 0 Å². The number of aryl methyl sites for hydroxylation is 1. The zero-order valence-corrected chi connectivity index (χ0v) is 15.4. The molecule has 132 valence electrons. The van der Waals surface area contributed by atoms with Crippen molar-refractivity contribution >= 4 is 22.2 Å². The molecule has 1 N–H and O–H groups in total. The molecule has 2 aromatic rings. The van der Waals surface area contributed by atoms with E-state index in [1.807, 2.05) is 7.05 Å². The minimum atomic E-state index is -3.29. The third kappa shape index (κ3) is 3.77. The molecule has 3 rings (SSSR count). The molecule has 2 heterocycles. The van der Waals surface area contributed by atoms with Crippen LogP contribution in [0.3, 0.4) is 0 Å². The van der Waals surface area contributed by atoms with Gasteiger partial charge in [-0.05, 0) is 31.7 Å². The SMILES string of the molecule is Cc1ccc(-c2nc(C3CNCCN3C)no2)cc1S(C)(=O)=O.Cl. The van der Waals surface area contributed by atoms with Crippen LogP contribution in [0.2, 0.25) is 0 Å². The molecule has 1 atom stereocenters. The van der Waals surface area contributed by atoms with Crippen LogP contribution in [0.1, 0.15) is 17.4 Å². The molecule has 1 aromatic heterocycles. The lowest BCUT2D eigenvalue weighted by molar-refractivity contribution is 0.190. The largest absolute Gasteiger partial charge is 0.334 e. The Morgan fingerprint density at radius 2 is 2.12 bits per heavy atom. The van der Waals surface area contributed by atoms with Gasteiger partial charge in [0.1, 0.15) is 0 Å². The van der Waals surface area contributed by atoms with Crippen LogP contribution in [0.5, 0.6) is 0 Å². The fourth-order valence-electron chi connectivity index (χ4n) is 2.71. The summed E-state index contributed by atoms with van der Waals surface area (Å²) in [5.41, 5.74) is 1.31. The van der Waals surface area contributed by atoms with Gasteiger partial charge in [-0.25, -0.2) is 8.42 Å². The van der Waals surface area contributed by atoms with Crippen LogP contribution in [-0.4, -0.2) is 56.4 Å². The summed E-state index contributed by atoms with van der Waals surface area (Å²) in [4.78, 5) is 6.91. The standard InChI is InChI=1S/C15H20N4O3S.ClH/c1-10-4-5-11(8-13(10)23(3,20)21)15-17-14(18-22-15)12-9-16-6-7-19(12)2;/h4-5,8,12,16H,6-7,9H2,1-3H3;1H. The van der Waals surface area contributed by atoms with E-state index in [0.717, 1.165) is 19.6 Å². The summed E-state index contributed by atoms with van der Waals surface area (Å²) in [7, 11) is -1.27. The quantitative estimate of drug-likeness (QED) is 0.872. The van der Waals surface area contributed by atoms with E-state index in [2.05, 4.69) is 20.4 Å². The molecule has 1 aliphatic rings. The lowest BCUT2D eigenvalue weighted by Gasteiger charge is -2.30. The van der Waals surface area contributed by atoms with Gasteiger partial charge in [0.15, 0.2) is 15.7 Å². The average molecular weight is 373 g/mol. The number of rotatable bonds is 3. The number of hydrogen-bond acceptors (Lipinski definition) is 7. The summed E-state index contributed by atoms with van der Waals surface area (Å²) in [6, 6.07) is 5.19. The third-order valence-electron chi connectivity index (χ3n) is 4.09. The van der Waals surface area contributed by atoms with E-state index < -0.39 is 9.84 Å². The van der Waals surface area contributed by atoms with Gasteiger partial charge in [0.05, 0.1) is 10.9 Å². The van der Waals surface area contributed by atoms with Crippen molar-refractivity contribution in [2.24, 2.45) is 0 Å². The first-order chi connectivity index (χ1) is 10.9. The van der Waals surface area contributed by atoms with Gasteiger partial charge in [0.25, 0.3) is 5.89 Å². The number of piperazine rings is 1. The molecule has 0 bridgehead atoms. The second kappa shape index (κ2) is 7.18. The van der Waals surface area contributed by atoms with Crippen LogP contribution in [0, 0.1) is 6.92 Å². The third-order valence-corrected chi connectivity index (χ3v) is 5.32. The van der Waals surface area contributed by atoms with E-state index in [1.54, 1.807) is 25.1 Å². The van der Waals surface area contributed by atoms with Crippen molar-refractivity contribution in [3.63, 3.8) is 0 Å². The van der Waals surface area contributed by atoms with Gasteiger partial charge in [-0.2, -0.15) is 4.98 Å². The minimum absolute atomic E-state index is 0. The molecule has 1 unspecified atom stereocenters. The highest BCUT2D eigenvalue weighted by molar-refractivity contribution is 7.90. The molecule has 7 nitrogen and oxygen atoms in total. The first-order valence-electron chi connectivity index (χ1n) is 7.42. The highest BCUT2D eigenvalue weighted by atomic mass is 35.5. The normalized spacial score (nSPS) is 19.0. The summed E-state index contributed by atoms with van der Waals surface area (Å²) < 4.78 is 29.1. The summed E-state index contributed by atoms with van der Waals surface area (Å²) in [5, 5.41) is 7.37. The number of sulfone groups is 1. The van der Waals surface area contributed by atoms with E-state index in [9.17, 15) is 8.42 Å². The second-order valence-corrected chi connectivity index (χ2v) is 7.89. The highest BCUT2D eigenvalue weighted by Crippen LogP contribution is 2.26. The number of likely N-dealkylation sites (N-methyl/N-ethyl adjacent to an activating group) is 1. The van der Waals surface area contributed by atoms with Gasteiger partial charge in [0.2, 0.25) is 0 Å². The Morgan fingerprint density at radius 1 is 1.38 bits per heavy atom. The monoisotopic (exact) mass is 372 g/mol. The summed E-state index contributed by atoms with van der Waals surface area (Å²) in [6.45, 7) is 4.38. The minimum Gasteiger partial charge on any atom is -0.334 e.